The lowest BCUT2D eigenvalue weighted by Gasteiger charge is -2.09. The molecular formula is C16H14O6. The lowest BCUT2D eigenvalue weighted by Crippen LogP contribution is -2.14. The van der Waals surface area contributed by atoms with Crippen molar-refractivity contribution in [3.05, 3.63) is 47.9 Å². The monoisotopic (exact) mass is 302 g/mol. The normalized spacial score (nSPS) is 13.3. The third-order valence-corrected chi connectivity index (χ3v) is 3.13. The summed E-state index contributed by atoms with van der Waals surface area (Å²) in [5.74, 6) is 0.206. The molecule has 0 aliphatic carbocycles. The number of hydrogen-bond donors (Lipinski definition) is 0. The molecule has 3 rings (SSSR count). The van der Waals surface area contributed by atoms with Gasteiger partial charge in [-0.1, -0.05) is 0 Å². The zero-order valence-corrected chi connectivity index (χ0v) is 11.7. The molecule has 0 bridgehead atoms. The number of esters is 1. The van der Waals surface area contributed by atoms with E-state index < -0.39 is 5.97 Å². The van der Waals surface area contributed by atoms with E-state index in [2.05, 4.69) is 0 Å². The summed E-state index contributed by atoms with van der Waals surface area (Å²) in [6, 6.07) is 7.95. The first-order valence-electron chi connectivity index (χ1n) is 6.87. The number of benzene rings is 1. The molecule has 0 atom stereocenters. The third-order valence-electron chi connectivity index (χ3n) is 3.13. The van der Waals surface area contributed by atoms with Crippen LogP contribution in [-0.2, 0) is 4.74 Å². The van der Waals surface area contributed by atoms with Crippen LogP contribution in [0.5, 0.6) is 11.5 Å². The van der Waals surface area contributed by atoms with E-state index in [1.165, 1.54) is 12.3 Å². The van der Waals surface area contributed by atoms with Gasteiger partial charge in [-0.25, -0.2) is 4.79 Å². The topological polar surface area (TPSA) is 75.0 Å². The van der Waals surface area contributed by atoms with Crippen LogP contribution in [-0.4, -0.2) is 31.6 Å². The summed E-state index contributed by atoms with van der Waals surface area (Å²) in [5, 5.41) is 0. The highest BCUT2D eigenvalue weighted by atomic mass is 16.5. The Bertz CT molecular complexity index is 674. The first-order chi connectivity index (χ1) is 10.7. The molecule has 6 heteroatoms. The number of ketones is 1. The van der Waals surface area contributed by atoms with Crippen molar-refractivity contribution >= 4 is 11.8 Å². The van der Waals surface area contributed by atoms with Crippen LogP contribution in [0, 0.1) is 0 Å². The fourth-order valence-corrected chi connectivity index (χ4v) is 2.02. The van der Waals surface area contributed by atoms with Gasteiger partial charge in [0.05, 0.1) is 19.5 Å². The van der Waals surface area contributed by atoms with Gasteiger partial charge in [0.15, 0.2) is 23.9 Å². The zero-order valence-electron chi connectivity index (χ0n) is 11.7. The second-order valence-electron chi connectivity index (χ2n) is 4.69. The van der Waals surface area contributed by atoms with E-state index in [-0.39, 0.29) is 18.2 Å². The Hall–Kier alpha value is -2.76. The largest absolute Gasteiger partial charge is 0.490 e. The quantitative estimate of drug-likeness (QED) is 0.638. The Morgan fingerprint density at radius 3 is 2.68 bits per heavy atom. The molecule has 0 saturated carbocycles. The minimum Gasteiger partial charge on any atom is -0.490 e. The molecular weight excluding hydrogens is 288 g/mol. The van der Waals surface area contributed by atoms with Crippen molar-refractivity contribution in [3.63, 3.8) is 0 Å². The average Bonchev–Trinajstić information content (AvgIpc) is 2.97. The second-order valence-corrected chi connectivity index (χ2v) is 4.69. The highest BCUT2D eigenvalue weighted by molar-refractivity contribution is 5.99. The van der Waals surface area contributed by atoms with Crippen molar-refractivity contribution in [1.29, 1.82) is 0 Å². The third kappa shape index (κ3) is 3.11. The van der Waals surface area contributed by atoms with Crippen molar-refractivity contribution in [2.24, 2.45) is 0 Å². The van der Waals surface area contributed by atoms with Crippen molar-refractivity contribution < 1.29 is 28.2 Å². The average molecular weight is 302 g/mol. The molecule has 0 spiro atoms. The van der Waals surface area contributed by atoms with Gasteiger partial charge in [0.1, 0.15) is 0 Å². The van der Waals surface area contributed by atoms with Crippen LogP contribution < -0.4 is 9.47 Å². The summed E-state index contributed by atoms with van der Waals surface area (Å²) < 4.78 is 20.8. The summed E-state index contributed by atoms with van der Waals surface area (Å²) in [7, 11) is 0. The first kappa shape index (κ1) is 14.2. The maximum Gasteiger partial charge on any atom is 0.374 e. The van der Waals surface area contributed by atoms with Crippen molar-refractivity contribution in [1.82, 2.24) is 0 Å². The fraction of sp³-hybridized carbons (Fsp3) is 0.250. The molecule has 0 N–H and O–H groups in total. The number of furan rings is 1. The van der Waals surface area contributed by atoms with Crippen LogP contribution in [0.1, 0.15) is 27.3 Å². The Morgan fingerprint density at radius 2 is 1.91 bits per heavy atom. The number of carbonyl (C=O) groups excluding carboxylic acids is 2. The van der Waals surface area contributed by atoms with Crippen LogP contribution in [0.15, 0.2) is 41.0 Å². The number of ether oxygens (including phenoxy) is 3. The zero-order chi connectivity index (χ0) is 15.4. The van der Waals surface area contributed by atoms with Gasteiger partial charge in [0.2, 0.25) is 5.76 Å². The number of hydrogen-bond acceptors (Lipinski definition) is 6. The van der Waals surface area contributed by atoms with Gasteiger partial charge in [-0.05, 0) is 30.3 Å². The van der Waals surface area contributed by atoms with Gasteiger partial charge < -0.3 is 18.6 Å². The summed E-state index contributed by atoms with van der Waals surface area (Å²) >= 11 is 0. The van der Waals surface area contributed by atoms with Crippen LogP contribution in [0.25, 0.3) is 0 Å². The Labute approximate surface area is 126 Å². The molecule has 0 amide bonds. The van der Waals surface area contributed by atoms with E-state index in [9.17, 15) is 9.59 Å². The minimum atomic E-state index is -0.673. The number of carbonyl (C=O) groups is 2. The molecule has 0 radical (unpaired) electrons. The molecule has 2 aromatic rings. The van der Waals surface area contributed by atoms with Crippen LogP contribution in [0.2, 0.25) is 0 Å². The predicted molar refractivity (Wildman–Crippen MR) is 75.4 cm³/mol. The summed E-state index contributed by atoms with van der Waals surface area (Å²) in [5.41, 5.74) is 0.400. The molecule has 1 aliphatic heterocycles. The second kappa shape index (κ2) is 6.34. The molecule has 6 nitrogen and oxygen atoms in total. The molecule has 0 unspecified atom stereocenters. The van der Waals surface area contributed by atoms with Gasteiger partial charge in [0, 0.05) is 12.0 Å². The van der Waals surface area contributed by atoms with Crippen molar-refractivity contribution in [2.75, 3.05) is 19.8 Å². The van der Waals surface area contributed by atoms with E-state index in [0.29, 0.717) is 30.3 Å². The Balaban J connectivity index is 1.65. The molecule has 1 aliphatic rings. The molecule has 2 heterocycles. The number of Topliss-reactive ketones (excluding diaryl/α,β-unsaturated/α-hetero) is 1. The SMILES string of the molecule is O=C(COC(=O)c1ccco1)c1ccc2c(c1)OCCCO2. The summed E-state index contributed by atoms with van der Waals surface area (Å²) in [6.07, 6.45) is 2.15. The molecule has 114 valence electrons. The van der Waals surface area contributed by atoms with Gasteiger partial charge in [-0.2, -0.15) is 0 Å². The van der Waals surface area contributed by atoms with Gasteiger partial charge in [-0.15, -0.1) is 0 Å². The lowest BCUT2D eigenvalue weighted by atomic mass is 10.1. The predicted octanol–water partition coefficient (Wildman–Crippen LogP) is 2.48. The van der Waals surface area contributed by atoms with E-state index in [4.69, 9.17) is 18.6 Å². The van der Waals surface area contributed by atoms with Gasteiger partial charge >= 0.3 is 5.97 Å². The maximum atomic E-state index is 12.1. The van der Waals surface area contributed by atoms with Crippen LogP contribution in [0.3, 0.4) is 0 Å². The van der Waals surface area contributed by atoms with E-state index in [1.54, 1.807) is 24.3 Å². The fourth-order valence-electron chi connectivity index (χ4n) is 2.02. The smallest absolute Gasteiger partial charge is 0.374 e. The molecule has 22 heavy (non-hydrogen) atoms. The number of rotatable bonds is 4. The minimum absolute atomic E-state index is 0.0615. The summed E-state index contributed by atoms with van der Waals surface area (Å²) in [4.78, 5) is 23.7. The Morgan fingerprint density at radius 1 is 1.09 bits per heavy atom. The summed E-state index contributed by atoms with van der Waals surface area (Å²) in [6.45, 7) is 0.762. The van der Waals surface area contributed by atoms with Gasteiger partial charge in [-0.3, -0.25) is 4.79 Å². The standard InChI is InChI=1S/C16H14O6/c17-12(10-22-16(18)14-3-1-6-20-14)11-4-5-13-15(9-11)21-8-2-7-19-13/h1,3-6,9H,2,7-8,10H2. The van der Waals surface area contributed by atoms with E-state index in [0.717, 1.165) is 6.42 Å². The number of fused-ring (bicyclic) bond motifs is 1. The van der Waals surface area contributed by atoms with Crippen LogP contribution >= 0.6 is 0 Å². The first-order valence-corrected chi connectivity index (χ1v) is 6.87. The molecule has 1 aromatic heterocycles. The van der Waals surface area contributed by atoms with Gasteiger partial charge in [0.25, 0.3) is 0 Å². The van der Waals surface area contributed by atoms with Crippen molar-refractivity contribution in [2.45, 2.75) is 6.42 Å². The molecule has 0 saturated heterocycles. The van der Waals surface area contributed by atoms with E-state index in [1.807, 2.05) is 0 Å². The van der Waals surface area contributed by atoms with Crippen molar-refractivity contribution in [3.8, 4) is 11.5 Å². The maximum absolute atomic E-state index is 12.1. The molecule has 1 aromatic carbocycles. The lowest BCUT2D eigenvalue weighted by molar-refractivity contribution is 0.0444. The van der Waals surface area contributed by atoms with E-state index >= 15 is 0 Å². The Kier molecular flexibility index (Phi) is 4.09. The molecule has 0 fully saturated rings. The highest BCUT2D eigenvalue weighted by Crippen LogP contribution is 2.30. The highest BCUT2D eigenvalue weighted by Gasteiger charge is 2.17. The van der Waals surface area contributed by atoms with Crippen LogP contribution in [0.4, 0.5) is 0 Å².